The zero-order valence-electron chi connectivity index (χ0n) is 10.4. The van der Waals surface area contributed by atoms with E-state index in [1.165, 1.54) is 19.3 Å². The van der Waals surface area contributed by atoms with Gasteiger partial charge in [0.05, 0.1) is 18.0 Å². The molecule has 0 aliphatic rings. The summed E-state index contributed by atoms with van der Waals surface area (Å²) in [6, 6.07) is 0. The molecule has 92 valence electrons. The summed E-state index contributed by atoms with van der Waals surface area (Å²) in [6.07, 6.45) is 4.88. The standard InChI is InChI=1S/C12H25ClOS/c1-9(5-7-11(3)14-13)10(2)6-8-12(4)15/h9-12,15H,5-8H2,1-4H3. The molecule has 0 bridgehead atoms. The van der Waals surface area contributed by atoms with E-state index in [1.54, 1.807) is 0 Å². The number of hydrogen-bond donors (Lipinski definition) is 1. The van der Waals surface area contributed by atoms with E-state index in [0.29, 0.717) is 5.25 Å². The van der Waals surface area contributed by atoms with Gasteiger partial charge in [-0.3, -0.25) is 4.29 Å². The molecule has 0 aliphatic carbocycles. The van der Waals surface area contributed by atoms with Crippen LogP contribution in [0.15, 0.2) is 0 Å². The molecule has 0 saturated carbocycles. The lowest BCUT2D eigenvalue weighted by Gasteiger charge is -2.21. The number of hydrogen-bond acceptors (Lipinski definition) is 2. The summed E-state index contributed by atoms with van der Waals surface area (Å²) in [5.41, 5.74) is 0. The van der Waals surface area contributed by atoms with E-state index in [1.807, 2.05) is 6.92 Å². The van der Waals surface area contributed by atoms with E-state index < -0.39 is 0 Å². The van der Waals surface area contributed by atoms with Crippen molar-refractivity contribution in [3.8, 4) is 0 Å². The summed E-state index contributed by atoms with van der Waals surface area (Å²) in [5, 5.41) is 0.518. The molecular weight excluding hydrogens is 228 g/mol. The second-order valence-electron chi connectivity index (χ2n) is 4.86. The van der Waals surface area contributed by atoms with Gasteiger partial charge in [0.2, 0.25) is 0 Å². The van der Waals surface area contributed by atoms with Crippen molar-refractivity contribution in [2.24, 2.45) is 11.8 Å². The zero-order valence-corrected chi connectivity index (χ0v) is 12.0. The molecule has 0 rings (SSSR count). The van der Waals surface area contributed by atoms with Crippen LogP contribution in [-0.2, 0) is 4.29 Å². The average molecular weight is 253 g/mol. The van der Waals surface area contributed by atoms with Crippen LogP contribution in [-0.4, -0.2) is 11.4 Å². The van der Waals surface area contributed by atoms with Gasteiger partial charge in [-0.15, -0.1) is 0 Å². The van der Waals surface area contributed by atoms with E-state index in [9.17, 15) is 0 Å². The number of halogens is 1. The lowest BCUT2D eigenvalue weighted by atomic mass is 9.87. The Morgan fingerprint density at radius 2 is 1.40 bits per heavy atom. The number of rotatable bonds is 8. The van der Waals surface area contributed by atoms with Crippen molar-refractivity contribution >= 4 is 24.5 Å². The van der Waals surface area contributed by atoms with Crippen LogP contribution < -0.4 is 0 Å². The molecule has 4 atom stereocenters. The minimum atomic E-state index is 0.171. The molecule has 0 N–H and O–H groups in total. The Labute approximate surface area is 105 Å². The van der Waals surface area contributed by atoms with Crippen molar-refractivity contribution in [3.63, 3.8) is 0 Å². The lowest BCUT2D eigenvalue weighted by molar-refractivity contribution is 0.207. The molecule has 0 fully saturated rings. The predicted molar refractivity (Wildman–Crippen MR) is 71.6 cm³/mol. The third kappa shape index (κ3) is 8.41. The molecule has 1 nitrogen and oxygen atoms in total. The maximum atomic E-state index is 5.31. The fraction of sp³-hybridized carbons (Fsp3) is 1.00. The molecule has 0 aromatic carbocycles. The number of thiol groups is 1. The van der Waals surface area contributed by atoms with Crippen LogP contribution in [0.2, 0.25) is 0 Å². The van der Waals surface area contributed by atoms with Crippen molar-refractivity contribution in [1.29, 1.82) is 0 Å². The van der Waals surface area contributed by atoms with Crippen molar-refractivity contribution in [1.82, 2.24) is 0 Å². The van der Waals surface area contributed by atoms with Gasteiger partial charge in [0, 0.05) is 0 Å². The highest BCUT2D eigenvalue weighted by atomic mass is 35.5. The smallest absolute Gasteiger partial charge is 0.0762 e. The largest absolute Gasteiger partial charge is 0.276 e. The molecule has 0 heterocycles. The topological polar surface area (TPSA) is 9.23 Å². The molecule has 15 heavy (non-hydrogen) atoms. The Balaban J connectivity index is 3.64. The minimum Gasteiger partial charge on any atom is -0.276 e. The Bertz CT molecular complexity index is 153. The first-order valence-corrected chi connectivity index (χ1v) is 6.75. The summed E-state index contributed by atoms with van der Waals surface area (Å²) in [6.45, 7) is 8.81. The highest BCUT2D eigenvalue weighted by Crippen LogP contribution is 2.24. The van der Waals surface area contributed by atoms with Crippen LogP contribution in [0.1, 0.15) is 53.4 Å². The average Bonchev–Trinajstić information content (AvgIpc) is 2.21. The molecule has 0 saturated heterocycles. The first kappa shape index (κ1) is 15.6. The quantitative estimate of drug-likeness (QED) is 0.617. The fourth-order valence-electron chi connectivity index (χ4n) is 1.62. The maximum Gasteiger partial charge on any atom is 0.0762 e. The summed E-state index contributed by atoms with van der Waals surface area (Å²) < 4.78 is 4.74. The third-order valence-electron chi connectivity index (χ3n) is 3.19. The van der Waals surface area contributed by atoms with Crippen LogP contribution in [0.5, 0.6) is 0 Å². The van der Waals surface area contributed by atoms with Crippen LogP contribution in [0.4, 0.5) is 0 Å². The van der Waals surface area contributed by atoms with E-state index in [0.717, 1.165) is 18.3 Å². The summed E-state index contributed by atoms with van der Waals surface area (Å²) in [4.78, 5) is 0. The van der Waals surface area contributed by atoms with Crippen LogP contribution >= 0.6 is 24.5 Å². The third-order valence-corrected chi connectivity index (χ3v) is 3.75. The molecule has 4 unspecified atom stereocenters. The van der Waals surface area contributed by atoms with E-state index in [-0.39, 0.29) is 6.10 Å². The van der Waals surface area contributed by atoms with Crippen molar-refractivity contribution in [2.45, 2.75) is 64.7 Å². The lowest BCUT2D eigenvalue weighted by Crippen LogP contribution is -2.12. The van der Waals surface area contributed by atoms with Crippen molar-refractivity contribution in [2.75, 3.05) is 0 Å². The van der Waals surface area contributed by atoms with Gasteiger partial charge < -0.3 is 0 Å². The zero-order chi connectivity index (χ0) is 11.8. The van der Waals surface area contributed by atoms with Gasteiger partial charge in [-0.25, -0.2) is 0 Å². The molecule has 0 spiro atoms. The summed E-state index contributed by atoms with van der Waals surface area (Å²) in [5.74, 6) is 1.51. The predicted octanol–water partition coefficient (Wildman–Crippen LogP) is 4.70. The van der Waals surface area contributed by atoms with Crippen molar-refractivity contribution < 1.29 is 4.29 Å². The van der Waals surface area contributed by atoms with Gasteiger partial charge in [0.25, 0.3) is 0 Å². The van der Waals surface area contributed by atoms with Gasteiger partial charge in [0.15, 0.2) is 0 Å². The van der Waals surface area contributed by atoms with Gasteiger partial charge in [0.1, 0.15) is 0 Å². The SMILES string of the molecule is CC(S)CCC(C)C(C)CCC(C)OCl. The Morgan fingerprint density at radius 1 is 0.933 bits per heavy atom. The Kier molecular flexibility index (Phi) is 9.07. The monoisotopic (exact) mass is 252 g/mol. The van der Waals surface area contributed by atoms with Crippen LogP contribution in [0, 0.1) is 11.8 Å². The first-order valence-electron chi connectivity index (χ1n) is 5.92. The van der Waals surface area contributed by atoms with Crippen LogP contribution in [0.25, 0.3) is 0 Å². The summed E-state index contributed by atoms with van der Waals surface area (Å²) in [7, 11) is 0. The molecule has 0 amide bonds. The molecule has 3 heteroatoms. The van der Waals surface area contributed by atoms with E-state index in [2.05, 4.69) is 33.4 Å². The molecule has 0 radical (unpaired) electrons. The Hall–Kier alpha value is 0.600. The van der Waals surface area contributed by atoms with Crippen LogP contribution in [0.3, 0.4) is 0 Å². The molecule has 0 aliphatic heterocycles. The highest BCUT2D eigenvalue weighted by molar-refractivity contribution is 7.80. The van der Waals surface area contributed by atoms with E-state index in [4.69, 9.17) is 16.2 Å². The normalized spacial score (nSPS) is 19.6. The van der Waals surface area contributed by atoms with Gasteiger partial charge in [-0.05, 0) is 49.7 Å². The van der Waals surface area contributed by atoms with Gasteiger partial charge in [-0.1, -0.05) is 20.8 Å². The van der Waals surface area contributed by atoms with Crippen molar-refractivity contribution in [3.05, 3.63) is 0 Å². The minimum absolute atomic E-state index is 0.171. The molecular formula is C12H25ClOS. The fourth-order valence-corrected chi connectivity index (χ4v) is 1.85. The summed E-state index contributed by atoms with van der Waals surface area (Å²) >= 11 is 9.71. The first-order chi connectivity index (χ1) is 6.97. The second kappa shape index (κ2) is 8.72. The van der Waals surface area contributed by atoms with Gasteiger partial charge >= 0.3 is 0 Å². The molecule has 0 aromatic rings. The maximum absolute atomic E-state index is 5.31. The van der Waals surface area contributed by atoms with E-state index >= 15 is 0 Å². The Morgan fingerprint density at radius 3 is 1.80 bits per heavy atom. The second-order valence-corrected chi connectivity index (χ2v) is 5.92. The molecule has 0 aromatic heterocycles. The van der Waals surface area contributed by atoms with Gasteiger partial charge in [-0.2, -0.15) is 12.6 Å². The highest BCUT2D eigenvalue weighted by Gasteiger charge is 2.14.